The topological polar surface area (TPSA) is 70.7 Å². The molecule has 3 heterocycles. The maximum atomic E-state index is 12.8. The van der Waals surface area contributed by atoms with Crippen LogP contribution in [-0.2, 0) is 22.6 Å². The van der Waals surface area contributed by atoms with Gasteiger partial charge in [-0.15, -0.1) is 0 Å². The van der Waals surface area contributed by atoms with Gasteiger partial charge in [-0.05, 0) is 23.8 Å². The first-order valence-electron chi connectivity index (χ1n) is 8.77. The first-order valence-corrected chi connectivity index (χ1v) is 9.15. The van der Waals surface area contributed by atoms with E-state index in [4.69, 9.17) is 21.1 Å². The Balaban J connectivity index is 1.96. The second-order valence-electron chi connectivity index (χ2n) is 6.36. The van der Waals surface area contributed by atoms with E-state index in [2.05, 4.69) is 10.1 Å². The van der Waals surface area contributed by atoms with Crippen LogP contribution in [0.4, 0.5) is 0 Å². The Hall–Kier alpha value is -2.74. The minimum Gasteiger partial charge on any atom is -0.383 e. The fourth-order valence-electron chi connectivity index (χ4n) is 3.27. The average molecular weight is 399 g/mol. The van der Waals surface area contributed by atoms with Crippen LogP contribution < -0.4 is 5.56 Å². The zero-order valence-electron chi connectivity index (χ0n) is 15.6. The zero-order chi connectivity index (χ0) is 19.7. The van der Waals surface area contributed by atoms with Gasteiger partial charge in [-0.25, -0.2) is 9.50 Å². The molecule has 0 bridgehead atoms. The third-order valence-corrected chi connectivity index (χ3v) is 4.86. The van der Waals surface area contributed by atoms with E-state index in [1.807, 2.05) is 30.3 Å². The Bertz CT molecular complexity index is 1200. The molecule has 28 heavy (non-hydrogen) atoms. The molecule has 0 aliphatic heterocycles. The molecular weight excluding hydrogens is 380 g/mol. The van der Waals surface area contributed by atoms with Gasteiger partial charge >= 0.3 is 0 Å². The molecule has 3 aromatic heterocycles. The van der Waals surface area contributed by atoms with Crippen molar-refractivity contribution in [2.45, 2.75) is 13.2 Å². The summed E-state index contributed by atoms with van der Waals surface area (Å²) in [5.74, 6) is 0. The molecule has 7 nitrogen and oxygen atoms in total. The van der Waals surface area contributed by atoms with Crippen LogP contribution in [0.5, 0.6) is 0 Å². The van der Waals surface area contributed by atoms with Gasteiger partial charge in [0, 0.05) is 38.2 Å². The van der Waals surface area contributed by atoms with E-state index in [1.165, 1.54) is 0 Å². The number of fused-ring (bicyclic) bond motifs is 3. The number of hydrogen-bond acceptors (Lipinski definition) is 5. The van der Waals surface area contributed by atoms with Crippen molar-refractivity contribution in [2.75, 3.05) is 20.8 Å². The van der Waals surface area contributed by atoms with Gasteiger partial charge in [-0.1, -0.05) is 23.7 Å². The van der Waals surface area contributed by atoms with Crippen LogP contribution in [0.1, 0.15) is 5.69 Å². The van der Waals surface area contributed by atoms with Crippen LogP contribution in [-0.4, -0.2) is 40.0 Å². The van der Waals surface area contributed by atoms with E-state index < -0.39 is 0 Å². The molecule has 0 fully saturated rings. The van der Waals surface area contributed by atoms with E-state index >= 15 is 0 Å². The highest BCUT2D eigenvalue weighted by Gasteiger charge is 2.18. The van der Waals surface area contributed by atoms with Crippen LogP contribution >= 0.6 is 11.6 Å². The smallest absolute Gasteiger partial charge is 0.261 e. The van der Waals surface area contributed by atoms with E-state index in [0.717, 1.165) is 16.8 Å². The Morgan fingerprint density at radius 1 is 1.11 bits per heavy atom. The first kappa shape index (κ1) is 18.6. The Morgan fingerprint density at radius 3 is 2.61 bits per heavy atom. The van der Waals surface area contributed by atoms with Crippen molar-refractivity contribution in [3.8, 4) is 11.1 Å². The minimum atomic E-state index is -0.124. The SMILES string of the molecule is COCCn1ccc2c(cnc3c(-c4ccc(Cl)cc4)c(COC)nn32)c1=O. The number of aromatic nitrogens is 4. The monoisotopic (exact) mass is 398 g/mol. The predicted molar refractivity (Wildman–Crippen MR) is 108 cm³/mol. The molecule has 0 spiro atoms. The van der Waals surface area contributed by atoms with E-state index in [0.29, 0.717) is 41.3 Å². The molecule has 0 radical (unpaired) electrons. The highest BCUT2D eigenvalue weighted by Crippen LogP contribution is 2.30. The van der Waals surface area contributed by atoms with E-state index in [9.17, 15) is 4.79 Å². The van der Waals surface area contributed by atoms with Gasteiger partial charge in [-0.2, -0.15) is 5.10 Å². The number of rotatable bonds is 6. The molecule has 0 aliphatic carbocycles. The summed E-state index contributed by atoms with van der Waals surface area (Å²) in [7, 11) is 3.23. The summed E-state index contributed by atoms with van der Waals surface area (Å²) >= 11 is 6.03. The number of nitrogens with zero attached hydrogens (tertiary/aromatic N) is 4. The molecule has 0 saturated heterocycles. The number of pyridine rings is 1. The molecule has 0 unspecified atom stereocenters. The fourth-order valence-corrected chi connectivity index (χ4v) is 3.40. The van der Waals surface area contributed by atoms with Gasteiger partial charge in [0.2, 0.25) is 0 Å². The highest BCUT2D eigenvalue weighted by atomic mass is 35.5. The lowest BCUT2D eigenvalue weighted by molar-refractivity contribution is 0.181. The molecule has 0 amide bonds. The van der Waals surface area contributed by atoms with Crippen molar-refractivity contribution in [3.05, 3.63) is 63.8 Å². The normalized spacial score (nSPS) is 11.5. The quantitative estimate of drug-likeness (QED) is 0.499. The number of ether oxygens (including phenoxy) is 2. The molecule has 0 atom stereocenters. The number of hydrogen-bond donors (Lipinski definition) is 0. The number of benzene rings is 1. The van der Waals surface area contributed by atoms with Gasteiger partial charge in [0.1, 0.15) is 0 Å². The summed E-state index contributed by atoms with van der Waals surface area (Å²) in [5, 5.41) is 5.84. The summed E-state index contributed by atoms with van der Waals surface area (Å²) < 4.78 is 13.7. The average Bonchev–Trinajstić information content (AvgIpc) is 3.07. The summed E-state index contributed by atoms with van der Waals surface area (Å²) in [4.78, 5) is 17.4. The molecule has 0 saturated carbocycles. The summed E-state index contributed by atoms with van der Waals surface area (Å²) in [6.45, 7) is 1.27. The molecule has 8 heteroatoms. The van der Waals surface area contributed by atoms with Crippen LogP contribution in [0.3, 0.4) is 0 Å². The van der Waals surface area contributed by atoms with Crippen LogP contribution in [0.2, 0.25) is 5.02 Å². The third-order valence-electron chi connectivity index (χ3n) is 4.61. The molecule has 4 aromatic rings. The lowest BCUT2D eigenvalue weighted by Gasteiger charge is -2.07. The Morgan fingerprint density at radius 2 is 1.89 bits per heavy atom. The lowest BCUT2D eigenvalue weighted by atomic mass is 10.1. The number of methoxy groups -OCH3 is 2. The van der Waals surface area contributed by atoms with E-state index in [1.54, 1.807) is 35.7 Å². The third kappa shape index (κ3) is 3.17. The van der Waals surface area contributed by atoms with Crippen molar-refractivity contribution in [2.24, 2.45) is 0 Å². The lowest BCUT2D eigenvalue weighted by Crippen LogP contribution is -2.22. The number of halogens is 1. The van der Waals surface area contributed by atoms with Gasteiger partial charge in [0.15, 0.2) is 5.65 Å². The van der Waals surface area contributed by atoms with Crippen molar-refractivity contribution < 1.29 is 9.47 Å². The maximum absolute atomic E-state index is 12.8. The second-order valence-corrected chi connectivity index (χ2v) is 6.80. The predicted octanol–water partition coefficient (Wildman–Crippen LogP) is 3.16. The molecule has 4 rings (SSSR count). The Labute approximate surface area is 166 Å². The molecular formula is C20H19ClN4O3. The van der Waals surface area contributed by atoms with Gasteiger partial charge in [0.25, 0.3) is 5.56 Å². The standard InChI is InChI=1S/C20H19ClN4O3/c1-27-10-9-24-8-7-17-15(20(24)26)11-22-19-18(13-3-5-14(21)6-4-13)16(12-28-2)23-25(17)19/h3-8,11H,9-10,12H2,1-2H3. The molecule has 0 N–H and O–H groups in total. The van der Waals surface area contributed by atoms with Crippen molar-refractivity contribution in [1.82, 2.24) is 19.2 Å². The largest absolute Gasteiger partial charge is 0.383 e. The van der Waals surface area contributed by atoms with Crippen molar-refractivity contribution in [1.29, 1.82) is 0 Å². The summed E-state index contributed by atoms with van der Waals surface area (Å²) in [5.41, 5.74) is 3.78. The zero-order valence-corrected chi connectivity index (χ0v) is 16.3. The second kappa shape index (κ2) is 7.71. The first-order chi connectivity index (χ1) is 13.6. The summed E-state index contributed by atoms with van der Waals surface area (Å²) in [6, 6.07) is 9.37. The minimum absolute atomic E-state index is 0.124. The van der Waals surface area contributed by atoms with Gasteiger partial charge in [0.05, 0.1) is 35.4 Å². The maximum Gasteiger partial charge on any atom is 0.261 e. The van der Waals surface area contributed by atoms with Crippen LogP contribution in [0, 0.1) is 0 Å². The van der Waals surface area contributed by atoms with Crippen LogP contribution in [0.15, 0.2) is 47.5 Å². The van der Waals surface area contributed by atoms with Crippen molar-refractivity contribution in [3.63, 3.8) is 0 Å². The Kier molecular flexibility index (Phi) is 5.13. The highest BCUT2D eigenvalue weighted by molar-refractivity contribution is 6.30. The van der Waals surface area contributed by atoms with Gasteiger partial charge < -0.3 is 14.0 Å². The fraction of sp³-hybridized carbons (Fsp3) is 0.250. The van der Waals surface area contributed by atoms with Crippen molar-refractivity contribution >= 4 is 28.2 Å². The molecule has 144 valence electrons. The molecule has 1 aromatic carbocycles. The summed E-state index contributed by atoms with van der Waals surface area (Å²) in [6.07, 6.45) is 3.36. The van der Waals surface area contributed by atoms with E-state index in [-0.39, 0.29) is 5.56 Å². The van der Waals surface area contributed by atoms with Crippen LogP contribution in [0.25, 0.3) is 27.7 Å². The molecule has 0 aliphatic rings. The van der Waals surface area contributed by atoms with Gasteiger partial charge in [-0.3, -0.25) is 4.79 Å².